The maximum atomic E-state index is 11.6. The quantitative estimate of drug-likeness (QED) is 0.781. The third-order valence-electron chi connectivity index (χ3n) is 2.21. The van der Waals surface area contributed by atoms with Gasteiger partial charge in [-0.3, -0.25) is 4.79 Å². The number of methoxy groups -OCH3 is 1. The van der Waals surface area contributed by atoms with Gasteiger partial charge < -0.3 is 15.4 Å². The highest BCUT2D eigenvalue weighted by Gasteiger charge is 2.18. The molecule has 17 heavy (non-hydrogen) atoms. The van der Waals surface area contributed by atoms with E-state index in [1.807, 2.05) is 12.3 Å². The summed E-state index contributed by atoms with van der Waals surface area (Å²) in [6, 6.07) is 0. The lowest BCUT2D eigenvalue weighted by Gasteiger charge is -2.06. The summed E-state index contributed by atoms with van der Waals surface area (Å²) < 4.78 is 4.66. The molecule has 0 fully saturated rings. The van der Waals surface area contributed by atoms with Gasteiger partial charge in [-0.1, -0.05) is 0 Å². The SMILES string of the molecule is CNCCC(=O)Nc1c(C)csc1C(=O)OC. The molecule has 0 aromatic carbocycles. The van der Waals surface area contributed by atoms with Crippen molar-refractivity contribution in [1.82, 2.24) is 5.32 Å². The van der Waals surface area contributed by atoms with Crippen LogP contribution in [0.2, 0.25) is 0 Å². The molecule has 0 bridgehead atoms. The van der Waals surface area contributed by atoms with Gasteiger partial charge in [0.1, 0.15) is 4.88 Å². The second-order valence-electron chi connectivity index (χ2n) is 3.52. The highest BCUT2D eigenvalue weighted by Crippen LogP contribution is 2.28. The van der Waals surface area contributed by atoms with E-state index in [1.165, 1.54) is 18.4 Å². The third kappa shape index (κ3) is 3.54. The van der Waals surface area contributed by atoms with Crippen molar-refractivity contribution in [2.75, 3.05) is 26.0 Å². The number of thiophene rings is 1. The molecule has 0 saturated heterocycles. The van der Waals surface area contributed by atoms with Gasteiger partial charge in [-0.05, 0) is 24.9 Å². The van der Waals surface area contributed by atoms with E-state index in [4.69, 9.17) is 0 Å². The van der Waals surface area contributed by atoms with Crippen molar-refractivity contribution in [3.8, 4) is 0 Å². The first-order chi connectivity index (χ1) is 8.10. The zero-order valence-electron chi connectivity index (χ0n) is 10.1. The normalized spacial score (nSPS) is 10.1. The fourth-order valence-corrected chi connectivity index (χ4v) is 2.20. The smallest absolute Gasteiger partial charge is 0.350 e. The Morgan fingerprint density at radius 2 is 2.18 bits per heavy atom. The van der Waals surface area contributed by atoms with E-state index in [0.717, 1.165) is 5.56 Å². The van der Waals surface area contributed by atoms with Crippen LogP contribution in [0.1, 0.15) is 21.7 Å². The number of esters is 1. The molecule has 0 radical (unpaired) electrons. The summed E-state index contributed by atoms with van der Waals surface area (Å²) in [6.45, 7) is 2.44. The van der Waals surface area contributed by atoms with Crippen molar-refractivity contribution in [3.05, 3.63) is 15.8 Å². The first-order valence-corrected chi connectivity index (χ1v) is 6.09. The molecule has 0 spiro atoms. The molecule has 0 unspecified atom stereocenters. The van der Waals surface area contributed by atoms with Gasteiger partial charge in [0.05, 0.1) is 12.8 Å². The molecule has 5 nitrogen and oxygen atoms in total. The summed E-state index contributed by atoms with van der Waals surface area (Å²) in [5.74, 6) is -0.544. The minimum absolute atomic E-state index is 0.119. The van der Waals surface area contributed by atoms with Crippen LogP contribution in [0, 0.1) is 6.92 Å². The Morgan fingerprint density at radius 1 is 1.47 bits per heavy atom. The number of aryl methyl sites for hydroxylation is 1. The molecule has 94 valence electrons. The van der Waals surface area contributed by atoms with Crippen molar-refractivity contribution >= 4 is 28.9 Å². The van der Waals surface area contributed by atoms with Crippen LogP contribution in [0.5, 0.6) is 0 Å². The molecule has 0 aliphatic rings. The zero-order valence-corrected chi connectivity index (χ0v) is 10.9. The summed E-state index contributed by atoms with van der Waals surface area (Å²) >= 11 is 1.27. The number of rotatable bonds is 5. The van der Waals surface area contributed by atoms with Gasteiger partial charge in [-0.15, -0.1) is 11.3 Å². The predicted octanol–water partition coefficient (Wildman–Crippen LogP) is 1.39. The standard InChI is InChI=1S/C11H16N2O3S/c1-7-6-17-10(11(15)16-3)9(7)13-8(14)4-5-12-2/h6,12H,4-5H2,1-3H3,(H,13,14). The lowest BCUT2D eigenvalue weighted by Crippen LogP contribution is -2.19. The highest BCUT2D eigenvalue weighted by atomic mass is 32.1. The summed E-state index contributed by atoms with van der Waals surface area (Å²) in [5, 5.41) is 7.45. The van der Waals surface area contributed by atoms with Gasteiger partial charge in [-0.2, -0.15) is 0 Å². The number of nitrogens with one attached hydrogen (secondary N) is 2. The van der Waals surface area contributed by atoms with E-state index in [1.54, 1.807) is 7.05 Å². The molecular formula is C11H16N2O3S. The van der Waals surface area contributed by atoms with Crippen molar-refractivity contribution in [3.63, 3.8) is 0 Å². The molecule has 1 amide bonds. The predicted molar refractivity (Wildman–Crippen MR) is 67.6 cm³/mol. The zero-order chi connectivity index (χ0) is 12.8. The van der Waals surface area contributed by atoms with Crippen molar-refractivity contribution in [2.45, 2.75) is 13.3 Å². The summed E-state index contributed by atoms with van der Waals surface area (Å²) in [4.78, 5) is 23.5. The van der Waals surface area contributed by atoms with Gasteiger partial charge in [0.15, 0.2) is 0 Å². The maximum Gasteiger partial charge on any atom is 0.350 e. The van der Waals surface area contributed by atoms with Crippen LogP contribution >= 0.6 is 11.3 Å². The molecular weight excluding hydrogens is 240 g/mol. The number of carbonyl (C=O) groups excluding carboxylic acids is 2. The molecule has 1 heterocycles. The lowest BCUT2D eigenvalue weighted by molar-refractivity contribution is -0.116. The Hall–Kier alpha value is -1.40. The third-order valence-corrected chi connectivity index (χ3v) is 3.29. The minimum atomic E-state index is -0.424. The van der Waals surface area contributed by atoms with Crippen molar-refractivity contribution < 1.29 is 14.3 Å². The molecule has 0 aliphatic heterocycles. The van der Waals surface area contributed by atoms with Crippen LogP contribution in [0.3, 0.4) is 0 Å². The average molecular weight is 256 g/mol. The molecule has 2 N–H and O–H groups in total. The van der Waals surface area contributed by atoms with E-state index in [0.29, 0.717) is 23.5 Å². The van der Waals surface area contributed by atoms with Gasteiger partial charge in [-0.25, -0.2) is 4.79 Å². The molecule has 1 rings (SSSR count). The van der Waals surface area contributed by atoms with Gasteiger partial charge in [0.2, 0.25) is 5.91 Å². The first-order valence-electron chi connectivity index (χ1n) is 5.21. The molecule has 6 heteroatoms. The minimum Gasteiger partial charge on any atom is -0.465 e. The van der Waals surface area contributed by atoms with E-state index in [-0.39, 0.29) is 5.91 Å². The number of hydrogen-bond acceptors (Lipinski definition) is 5. The Balaban J connectivity index is 2.79. The summed E-state index contributed by atoms with van der Waals surface area (Å²) in [5.41, 5.74) is 1.43. The number of amides is 1. The largest absolute Gasteiger partial charge is 0.465 e. The fraction of sp³-hybridized carbons (Fsp3) is 0.455. The molecule has 0 atom stereocenters. The van der Waals surface area contributed by atoms with Crippen LogP contribution in [0.4, 0.5) is 5.69 Å². The van der Waals surface area contributed by atoms with Crippen molar-refractivity contribution in [1.29, 1.82) is 0 Å². The molecule has 0 aliphatic carbocycles. The van der Waals surface area contributed by atoms with Crippen LogP contribution in [0.25, 0.3) is 0 Å². The highest BCUT2D eigenvalue weighted by molar-refractivity contribution is 7.12. The number of anilines is 1. The van der Waals surface area contributed by atoms with Crippen LogP contribution in [-0.4, -0.2) is 32.6 Å². The summed E-state index contributed by atoms with van der Waals surface area (Å²) in [7, 11) is 3.10. The van der Waals surface area contributed by atoms with E-state index in [9.17, 15) is 9.59 Å². The van der Waals surface area contributed by atoms with Crippen molar-refractivity contribution in [2.24, 2.45) is 0 Å². The van der Waals surface area contributed by atoms with Crippen LogP contribution < -0.4 is 10.6 Å². The second kappa shape index (κ2) is 6.36. The van der Waals surface area contributed by atoms with Gasteiger partial charge in [0, 0.05) is 13.0 Å². The Labute approximate surface area is 104 Å². The fourth-order valence-electron chi connectivity index (χ4n) is 1.28. The van der Waals surface area contributed by atoms with Gasteiger partial charge >= 0.3 is 5.97 Å². The van der Waals surface area contributed by atoms with E-state index < -0.39 is 5.97 Å². The second-order valence-corrected chi connectivity index (χ2v) is 4.40. The topological polar surface area (TPSA) is 67.4 Å². The maximum absolute atomic E-state index is 11.6. The lowest BCUT2D eigenvalue weighted by atomic mass is 10.2. The molecule has 1 aromatic rings. The number of carbonyl (C=O) groups is 2. The Morgan fingerprint density at radius 3 is 2.76 bits per heavy atom. The number of hydrogen-bond donors (Lipinski definition) is 2. The van der Waals surface area contributed by atoms with E-state index >= 15 is 0 Å². The Bertz CT molecular complexity index is 415. The Kier molecular flexibility index (Phi) is 5.11. The van der Waals surface area contributed by atoms with Crippen LogP contribution in [-0.2, 0) is 9.53 Å². The first kappa shape index (κ1) is 13.7. The van der Waals surface area contributed by atoms with Gasteiger partial charge in [0.25, 0.3) is 0 Å². The average Bonchev–Trinajstić information content (AvgIpc) is 2.67. The van der Waals surface area contributed by atoms with E-state index in [2.05, 4.69) is 15.4 Å². The summed E-state index contributed by atoms with van der Waals surface area (Å²) in [6.07, 6.45) is 0.367. The van der Waals surface area contributed by atoms with Crippen LogP contribution in [0.15, 0.2) is 5.38 Å². The number of ether oxygens (including phenoxy) is 1. The molecule has 1 aromatic heterocycles. The monoisotopic (exact) mass is 256 g/mol. The molecule has 0 saturated carbocycles.